The standard InChI is InChI=1S/C12H18O8/c1-3-4-5-6-8(20-7(2)13)12(9(14)15,10(16)17)11(18)19/h8H,3-6H2,1-2H3,(H,14,15)(H,16,17)(H,18,19). The summed E-state index contributed by atoms with van der Waals surface area (Å²) in [4.78, 5) is 44.6. The van der Waals surface area contributed by atoms with Gasteiger partial charge < -0.3 is 20.1 Å². The number of hydrogen-bond donors (Lipinski definition) is 3. The first-order chi connectivity index (χ1) is 9.21. The lowest BCUT2D eigenvalue weighted by atomic mass is 9.79. The number of carboxylic acids is 3. The van der Waals surface area contributed by atoms with Crippen LogP contribution in [0.15, 0.2) is 0 Å². The van der Waals surface area contributed by atoms with Crippen molar-refractivity contribution >= 4 is 23.9 Å². The van der Waals surface area contributed by atoms with E-state index in [-0.39, 0.29) is 6.42 Å². The monoisotopic (exact) mass is 290 g/mol. The van der Waals surface area contributed by atoms with Crippen LogP contribution in [0.25, 0.3) is 0 Å². The van der Waals surface area contributed by atoms with Gasteiger partial charge in [-0.15, -0.1) is 0 Å². The molecule has 114 valence electrons. The highest BCUT2D eigenvalue weighted by atomic mass is 16.5. The maximum Gasteiger partial charge on any atom is 0.336 e. The number of esters is 1. The van der Waals surface area contributed by atoms with Gasteiger partial charge >= 0.3 is 23.9 Å². The van der Waals surface area contributed by atoms with E-state index in [1.165, 1.54) is 0 Å². The van der Waals surface area contributed by atoms with E-state index in [0.29, 0.717) is 12.8 Å². The van der Waals surface area contributed by atoms with Crippen LogP contribution < -0.4 is 0 Å². The summed E-state index contributed by atoms with van der Waals surface area (Å²) in [7, 11) is 0. The molecule has 8 heteroatoms. The number of rotatable bonds is 9. The fourth-order valence-electron chi connectivity index (χ4n) is 1.83. The molecule has 0 heterocycles. The van der Waals surface area contributed by atoms with Crippen molar-refractivity contribution in [3.05, 3.63) is 0 Å². The molecule has 1 atom stereocenters. The Labute approximate surface area is 115 Å². The van der Waals surface area contributed by atoms with Crippen molar-refractivity contribution in [1.82, 2.24) is 0 Å². The van der Waals surface area contributed by atoms with Gasteiger partial charge in [-0.05, 0) is 12.8 Å². The summed E-state index contributed by atoms with van der Waals surface area (Å²) < 4.78 is 4.66. The molecule has 0 rings (SSSR count). The van der Waals surface area contributed by atoms with E-state index in [1.54, 1.807) is 0 Å². The Bertz CT molecular complexity index is 364. The van der Waals surface area contributed by atoms with Gasteiger partial charge in [0.15, 0.2) is 0 Å². The molecular weight excluding hydrogens is 272 g/mol. The van der Waals surface area contributed by atoms with Crippen molar-refractivity contribution in [2.45, 2.75) is 45.6 Å². The summed E-state index contributed by atoms with van der Waals surface area (Å²) in [5, 5.41) is 27.2. The fraction of sp³-hybridized carbons (Fsp3) is 0.667. The maximum absolute atomic E-state index is 11.2. The molecular formula is C12H18O8. The molecule has 0 aliphatic carbocycles. The maximum atomic E-state index is 11.2. The Balaban J connectivity index is 5.60. The third kappa shape index (κ3) is 3.69. The topological polar surface area (TPSA) is 138 Å². The summed E-state index contributed by atoms with van der Waals surface area (Å²) in [5.74, 6) is -7.14. The summed E-state index contributed by atoms with van der Waals surface area (Å²) in [6, 6.07) is 0. The number of carbonyl (C=O) groups is 4. The Morgan fingerprint density at radius 2 is 1.45 bits per heavy atom. The first-order valence-corrected chi connectivity index (χ1v) is 6.08. The minimum atomic E-state index is -3.20. The third-order valence-electron chi connectivity index (χ3n) is 2.87. The van der Waals surface area contributed by atoms with Crippen LogP contribution in [0.4, 0.5) is 0 Å². The van der Waals surface area contributed by atoms with Crippen molar-refractivity contribution in [3.8, 4) is 0 Å². The lowest BCUT2D eigenvalue weighted by molar-refractivity contribution is -0.189. The number of unbranched alkanes of at least 4 members (excludes halogenated alkanes) is 2. The van der Waals surface area contributed by atoms with E-state index < -0.39 is 35.4 Å². The first kappa shape index (κ1) is 17.9. The Morgan fingerprint density at radius 1 is 1.00 bits per heavy atom. The van der Waals surface area contributed by atoms with Gasteiger partial charge in [-0.2, -0.15) is 0 Å². The first-order valence-electron chi connectivity index (χ1n) is 6.08. The van der Waals surface area contributed by atoms with Crippen LogP contribution in [0.2, 0.25) is 0 Å². The molecule has 0 saturated heterocycles. The average molecular weight is 290 g/mol. The van der Waals surface area contributed by atoms with Crippen molar-refractivity contribution in [2.75, 3.05) is 0 Å². The van der Waals surface area contributed by atoms with E-state index in [1.807, 2.05) is 6.92 Å². The summed E-state index contributed by atoms with van der Waals surface area (Å²) >= 11 is 0. The minimum absolute atomic E-state index is 0.154. The van der Waals surface area contributed by atoms with Crippen LogP contribution in [-0.4, -0.2) is 45.3 Å². The second-order valence-corrected chi connectivity index (χ2v) is 4.32. The highest BCUT2D eigenvalue weighted by Gasteiger charge is 2.62. The molecule has 0 aromatic heterocycles. The molecule has 0 aromatic rings. The van der Waals surface area contributed by atoms with Crippen LogP contribution in [-0.2, 0) is 23.9 Å². The van der Waals surface area contributed by atoms with E-state index in [0.717, 1.165) is 13.3 Å². The number of aliphatic carboxylic acids is 3. The molecule has 0 aromatic carbocycles. The van der Waals surface area contributed by atoms with Crippen LogP contribution in [0.1, 0.15) is 39.5 Å². The number of hydrogen-bond acceptors (Lipinski definition) is 5. The van der Waals surface area contributed by atoms with Crippen LogP contribution >= 0.6 is 0 Å². The molecule has 1 unspecified atom stereocenters. The molecule has 0 amide bonds. The normalized spacial score (nSPS) is 12.5. The lowest BCUT2D eigenvalue weighted by Gasteiger charge is -2.29. The summed E-state index contributed by atoms with van der Waals surface area (Å²) in [6.45, 7) is 2.82. The molecule has 0 fully saturated rings. The van der Waals surface area contributed by atoms with E-state index >= 15 is 0 Å². The highest BCUT2D eigenvalue weighted by Crippen LogP contribution is 2.30. The predicted molar refractivity (Wildman–Crippen MR) is 65.0 cm³/mol. The zero-order chi connectivity index (χ0) is 15.9. The molecule has 3 N–H and O–H groups in total. The summed E-state index contributed by atoms with van der Waals surface area (Å²) in [6.07, 6.45) is -0.179. The van der Waals surface area contributed by atoms with Gasteiger partial charge in [0.25, 0.3) is 5.41 Å². The van der Waals surface area contributed by atoms with E-state index in [4.69, 9.17) is 15.3 Å². The lowest BCUT2D eigenvalue weighted by Crippen LogP contribution is -2.56. The van der Waals surface area contributed by atoms with Gasteiger partial charge in [-0.25, -0.2) is 0 Å². The van der Waals surface area contributed by atoms with E-state index in [2.05, 4.69) is 4.74 Å². The quantitative estimate of drug-likeness (QED) is 0.321. The molecule has 0 bridgehead atoms. The molecule has 20 heavy (non-hydrogen) atoms. The second-order valence-electron chi connectivity index (χ2n) is 4.32. The van der Waals surface area contributed by atoms with Crippen molar-refractivity contribution in [2.24, 2.45) is 5.41 Å². The minimum Gasteiger partial charge on any atom is -0.480 e. The Hall–Kier alpha value is -2.12. The van der Waals surface area contributed by atoms with Gasteiger partial charge in [0.05, 0.1) is 0 Å². The van der Waals surface area contributed by atoms with E-state index in [9.17, 15) is 19.2 Å². The smallest absolute Gasteiger partial charge is 0.336 e. The Morgan fingerprint density at radius 3 is 1.75 bits per heavy atom. The number of carboxylic acid groups (broad SMARTS) is 3. The highest BCUT2D eigenvalue weighted by molar-refractivity contribution is 6.17. The number of ether oxygens (including phenoxy) is 1. The van der Waals surface area contributed by atoms with Crippen LogP contribution in [0, 0.1) is 5.41 Å². The molecule has 0 aliphatic heterocycles. The predicted octanol–water partition coefficient (Wildman–Crippen LogP) is 0.739. The largest absolute Gasteiger partial charge is 0.480 e. The number of carbonyl (C=O) groups excluding carboxylic acids is 1. The molecule has 0 saturated carbocycles. The zero-order valence-corrected chi connectivity index (χ0v) is 11.3. The zero-order valence-electron chi connectivity index (χ0n) is 11.3. The molecule has 0 aliphatic rings. The van der Waals surface area contributed by atoms with Crippen molar-refractivity contribution in [3.63, 3.8) is 0 Å². The Kier molecular flexibility index (Phi) is 6.67. The summed E-state index contributed by atoms with van der Waals surface area (Å²) in [5.41, 5.74) is -3.20. The van der Waals surface area contributed by atoms with Gasteiger partial charge in [0.1, 0.15) is 6.10 Å². The molecule has 8 nitrogen and oxygen atoms in total. The van der Waals surface area contributed by atoms with Crippen molar-refractivity contribution < 1.29 is 39.2 Å². The van der Waals surface area contributed by atoms with Gasteiger partial charge in [0, 0.05) is 6.92 Å². The van der Waals surface area contributed by atoms with Gasteiger partial charge in [-0.3, -0.25) is 19.2 Å². The fourth-order valence-corrected chi connectivity index (χ4v) is 1.83. The van der Waals surface area contributed by atoms with Gasteiger partial charge in [0.2, 0.25) is 0 Å². The van der Waals surface area contributed by atoms with Crippen molar-refractivity contribution in [1.29, 1.82) is 0 Å². The van der Waals surface area contributed by atoms with Crippen LogP contribution in [0.5, 0.6) is 0 Å². The third-order valence-corrected chi connectivity index (χ3v) is 2.87. The SMILES string of the molecule is CCCCCC(OC(C)=O)C(C(=O)O)(C(=O)O)C(=O)O. The van der Waals surface area contributed by atoms with Crippen LogP contribution in [0.3, 0.4) is 0 Å². The molecule has 0 spiro atoms. The second kappa shape index (κ2) is 7.46. The average Bonchev–Trinajstić information content (AvgIpc) is 2.27. The molecule has 0 radical (unpaired) electrons. The van der Waals surface area contributed by atoms with Gasteiger partial charge in [-0.1, -0.05) is 19.8 Å².